The molecule has 0 saturated carbocycles. The van der Waals surface area contributed by atoms with Gasteiger partial charge in [0.1, 0.15) is 5.75 Å². The van der Waals surface area contributed by atoms with E-state index in [0.717, 1.165) is 24.3 Å². The molecule has 1 atom stereocenters. The van der Waals surface area contributed by atoms with E-state index < -0.39 is 0 Å². The predicted molar refractivity (Wildman–Crippen MR) is 140 cm³/mol. The molecule has 2 aliphatic rings. The number of aryl methyl sites for hydroxylation is 1. The van der Waals surface area contributed by atoms with Crippen molar-refractivity contribution in [2.45, 2.75) is 31.6 Å². The Morgan fingerprint density at radius 3 is 2.15 bits per heavy atom. The van der Waals surface area contributed by atoms with Gasteiger partial charge in [0.15, 0.2) is 0 Å². The molecule has 0 aliphatic carbocycles. The standard InChI is InChI=1S/C29H35N3O/c1-30-23-13-9-20(10-14-23)27(21-11-15-24(16-12-21)31(2)3)26-19-22-7-5-17-32-18-6-8-25(28(22)32)29(26)33-4/h9-16,19,27,30H,5-8,17-18H2,1-4H3. The van der Waals surface area contributed by atoms with Crippen LogP contribution in [0.15, 0.2) is 54.6 Å². The number of methoxy groups -OCH3 is 1. The minimum absolute atomic E-state index is 0.126. The Hall–Kier alpha value is -3.14. The Balaban J connectivity index is 1.71. The van der Waals surface area contributed by atoms with E-state index >= 15 is 0 Å². The molecule has 33 heavy (non-hydrogen) atoms. The van der Waals surface area contributed by atoms with E-state index in [4.69, 9.17) is 4.74 Å². The van der Waals surface area contributed by atoms with Gasteiger partial charge in [0.25, 0.3) is 0 Å². The molecule has 0 aromatic heterocycles. The highest BCUT2D eigenvalue weighted by Crippen LogP contribution is 2.47. The van der Waals surface area contributed by atoms with Crippen molar-refractivity contribution in [1.29, 1.82) is 0 Å². The molecule has 172 valence electrons. The van der Waals surface area contributed by atoms with Crippen LogP contribution in [0.1, 0.15) is 46.6 Å². The van der Waals surface area contributed by atoms with Crippen LogP contribution in [-0.4, -0.2) is 41.3 Å². The lowest BCUT2D eigenvalue weighted by Gasteiger charge is -2.39. The van der Waals surface area contributed by atoms with Crippen LogP contribution in [0.4, 0.5) is 17.1 Å². The molecular formula is C29H35N3O. The van der Waals surface area contributed by atoms with E-state index in [9.17, 15) is 0 Å². The summed E-state index contributed by atoms with van der Waals surface area (Å²) in [5.74, 6) is 1.21. The van der Waals surface area contributed by atoms with E-state index in [1.165, 1.54) is 65.1 Å². The minimum atomic E-state index is 0.126. The Kier molecular flexibility index (Phi) is 5.92. The number of nitrogens with zero attached hydrogens (tertiary/aromatic N) is 2. The number of anilines is 3. The summed E-state index contributed by atoms with van der Waals surface area (Å²) >= 11 is 0. The number of hydrogen-bond acceptors (Lipinski definition) is 4. The van der Waals surface area contributed by atoms with Gasteiger partial charge in [-0.05, 0) is 72.7 Å². The fourth-order valence-corrected chi connectivity index (χ4v) is 5.67. The molecule has 0 spiro atoms. The van der Waals surface area contributed by atoms with Gasteiger partial charge in [0.2, 0.25) is 0 Å². The fraction of sp³-hybridized carbons (Fsp3) is 0.379. The van der Waals surface area contributed by atoms with Gasteiger partial charge in [-0.2, -0.15) is 0 Å². The first-order valence-corrected chi connectivity index (χ1v) is 12.1. The van der Waals surface area contributed by atoms with Crippen LogP contribution in [0, 0.1) is 0 Å². The zero-order valence-electron chi connectivity index (χ0n) is 20.3. The second-order valence-corrected chi connectivity index (χ2v) is 9.47. The molecular weight excluding hydrogens is 406 g/mol. The Bertz CT molecular complexity index is 1120. The van der Waals surface area contributed by atoms with E-state index in [1.807, 2.05) is 14.2 Å². The predicted octanol–water partition coefficient (Wildman–Crippen LogP) is 5.68. The summed E-state index contributed by atoms with van der Waals surface area (Å²) in [5.41, 5.74) is 10.6. The highest BCUT2D eigenvalue weighted by atomic mass is 16.5. The highest BCUT2D eigenvalue weighted by molar-refractivity contribution is 5.71. The SMILES string of the molecule is CNc1ccc(C(c2ccc(N(C)C)cc2)c2cc3c4c(c2OC)CCCN4CCC3)cc1. The third kappa shape index (κ3) is 3.92. The van der Waals surface area contributed by atoms with Crippen molar-refractivity contribution in [1.82, 2.24) is 0 Å². The molecule has 0 fully saturated rings. The van der Waals surface area contributed by atoms with E-state index in [2.05, 4.69) is 83.8 Å². The van der Waals surface area contributed by atoms with Crippen LogP contribution < -0.4 is 19.9 Å². The maximum atomic E-state index is 6.20. The van der Waals surface area contributed by atoms with Gasteiger partial charge >= 0.3 is 0 Å². The molecule has 3 aromatic carbocycles. The van der Waals surface area contributed by atoms with Crippen LogP contribution in [0.25, 0.3) is 0 Å². The van der Waals surface area contributed by atoms with Crippen molar-refractivity contribution < 1.29 is 4.74 Å². The summed E-state index contributed by atoms with van der Waals surface area (Å²) in [6.07, 6.45) is 4.68. The first kappa shape index (κ1) is 21.7. The number of rotatable bonds is 6. The van der Waals surface area contributed by atoms with Gasteiger partial charge in [-0.15, -0.1) is 0 Å². The normalized spacial score (nSPS) is 15.6. The lowest BCUT2D eigenvalue weighted by atomic mass is 9.80. The largest absolute Gasteiger partial charge is 0.496 e. The molecule has 2 heterocycles. The molecule has 0 amide bonds. The quantitative estimate of drug-likeness (QED) is 0.498. The minimum Gasteiger partial charge on any atom is -0.496 e. The summed E-state index contributed by atoms with van der Waals surface area (Å²) < 4.78 is 6.20. The molecule has 0 bridgehead atoms. The third-order valence-electron chi connectivity index (χ3n) is 7.29. The Labute approximate surface area is 198 Å². The topological polar surface area (TPSA) is 27.7 Å². The first-order chi connectivity index (χ1) is 16.1. The van der Waals surface area contributed by atoms with Crippen LogP contribution >= 0.6 is 0 Å². The molecule has 1 unspecified atom stereocenters. The van der Waals surface area contributed by atoms with Gasteiger partial charge in [0, 0.05) is 68.3 Å². The summed E-state index contributed by atoms with van der Waals surface area (Å²) in [6.45, 7) is 2.34. The maximum Gasteiger partial charge on any atom is 0.128 e. The Morgan fingerprint density at radius 1 is 0.909 bits per heavy atom. The smallest absolute Gasteiger partial charge is 0.128 e. The molecule has 5 rings (SSSR count). The van der Waals surface area contributed by atoms with E-state index in [-0.39, 0.29) is 5.92 Å². The summed E-state index contributed by atoms with van der Waals surface area (Å²) in [4.78, 5) is 4.74. The highest BCUT2D eigenvalue weighted by Gasteiger charge is 2.31. The Morgan fingerprint density at radius 2 is 1.55 bits per heavy atom. The van der Waals surface area contributed by atoms with E-state index in [0.29, 0.717) is 0 Å². The van der Waals surface area contributed by atoms with Crippen LogP contribution in [-0.2, 0) is 12.8 Å². The molecule has 1 N–H and O–H groups in total. The monoisotopic (exact) mass is 441 g/mol. The van der Waals surface area contributed by atoms with Gasteiger partial charge in [-0.3, -0.25) is 0 Å². The summed E-state index contributed by atoms with van der Waals surface area (Å²) in [5, 5.41) is 3.25. The van der Waals surface area contributed by atoms with Gasteiger partial charge in [-0.25, -0.2) is 0 Å². The van der Waals surface area contributed by atoms with Gasteiger partial charge < -0.3 is 19.9 Å². The van der Waals surface area contributed by atoms with Crippen molar-refractivity contribution in [2.75, 3.05) is 56.5 Å². The molecule has 2 aliphatic heterocycles. The van der Waals surface area contributed by atoms with Crippen molar-refractivity contribution in [3.05, 3.63) is 82.4 Å². The summed E-state index contributed by atoms with van der Waals surface area (Å²) in [7, 11) is 7.99. The average Bonchev–Trinajstić information content (AvgIpc) is 2.85. The van der Waals surface area contributed by atoms with Crippen molar-refractivity contribution >= 4 is 17.1 Å². The number of benzene rings is 3. The summed E-state index contributed by atoms with van der Waals surface area (Å²) in [6, 6.07) is 20.3. The van der Waals surface area contributed by atoms with E-state index in [1.54, 1.807) is 0 Å². The van der Waals surface area contributed by atoms with Crippen molar-refractivity contribution in [2.24, 2.45) is 0 Å². The van der Waals surface area contributed by atoms with Crippen LogP contribution in [0.3, 0.4) is 0 Å². The first-order valence-electron chi connectivity index (χ1n) is 12.1. The number of ether oxygens (including phenoxy) is 1. The fourth-order valence-electron chi connectivity index (χ4n) is 5.67. The molecule has 0 radical (unpaired) electrons. The third-order valence-corrected chi connectivity index (χ3v) is 7.29. The lowest BCUT2D eigenvalue weighted by Crippen LogP contribution is -2.35. The average molecular weight is 442 g/mol. The van der Waals surface area contributed by atoms with Crippen molar-refractivity contribution in [3.63, 3.8) is 0 Å². The number of nitrogens with one attached hydrogen (secondary N) is 1. The van der Waals surface area contributed by atoms with Gasteiger partial charge in [0.05, 0.1) is 7.11 Å². The zero-order valence-corrected chi connectivity index (χ0v) is 20.3. The maximum absolute atomic E-state index is 6.20. The van der Waals surface area contributed by atoms with Gasteiger partial charge in [-0.1, -0.05) is 24.3 Å². The molecule has 0 saturated heterocycles. The number of hydrogen-bond donors (Lipinski definition) is 1. The van der Waals surface area contributed by atoms with Crippen LogP contribution in [0.5, 0.6) is 5.75 Å². The second kappa shape index (κ2) is 9.01. The molecule has 3 aromatic rings. The van der Waals surface area contributed by atoms with Crippen molar-refractivity contribution in [3.8, 4) is 5.75 Å². The molecule has 4 heteroatoms. The second-order valence-electron chi connectivity index (χ2n) is 9.47. The molecule has 4 nitrogen and oxygen atoms in total. The zero-order chi connectivity index (χ0) is 22.9. The van der Waals surface area contributed by atoms with Crippen LogP contribution in [0.2, 0.25) is 0 Å². The lowest BCUT2D eigenvalue weighted by molar-refractivity contribution is 0.401.